The van der Waals surface area contributed by atoms with E-state index in [0.717, 1.165) is 0 Å². The van der Waals surface area contributed by atoms with Gasteiger partial charge in [0.15, 0.2) is 0 Å². The van der Waals surface area contributed by atoms with E-state index in [1.54, 1.807) is 11.3 Å². The van der Waals surface area contributed by atoms with E-state index < -0.39 is 0 Å². The Kier molecular flexibility index (Phi) is 2.85. The topological polar surface area (TPSA) is 0 Å². The molecular formula is C14H12S2. The van der Waals surface area contributed by atoms with Crippen molar-refractivity contribution in [2.24, 2.45) is 0 Å². The highest BCUT2D eigenvalue weighted by Gasteiger charge is 2.08. The van der Waals surface area contributed by atoms with Crippen molar-refractivity contribution in [1.29, 1.82) is 0 Å². The molecule has 0 spiro atoms. The molecule has 2 aromatic rings. The van der Waals surface area contributed by atoms with Gasteiger partial charge in [-0.3, -0.25) is 0 Å². The number of thioether (sulfide) groups is 1. The van der Waals surface area contributed by atoms with Crippen molar-refractivity contribution in [3.05, 3.63) is 53.4 Å². The predicted molar refractivity (Wildman–Crippen MR) is 74.8 cm³/mol. The molecule has 3 rings (SSSR count). The number of hydrogen-bond donors (Lipinski definition) is 0. The minimum absolute atomic E-state index is 1.21. The summed E-state index contributed by atoms with van der Waals surface area (Å²) in [7, 11) is 0. The highest BCUT2D eigenvalue weighted by atomic mass is 32.2. The molecule has 0 unspecified atom stereocenters. The monoisotopic (exact) mass is 244 g/mol. The fourth-order valence-electron chi connectivity index (χ4n) is 1.89. The highest BCUT2D eigenvalue weighted by Crippen LogP contribution is 2.36. The Morgan fingerprint density at radius 3 is 2.69 bits per heavy atom. The van der Waals surface area contributed by atoms with Crippen LogP contribution in [0.5, 0.6) is 0 Å². The van der Waals surface area contributed by atoms with Crippen LogP contribution >= 0.6 is 23.1 Å². The van der Waals surface area contributed by atoms with Gasteiger partial charge >= 0.3 is 0 Å². The predicted octanol–water partition coefficient (Wildman–Crippen LogP) is 4.89. The van der Waals surface area contributed by atoms with Gasteiger partial charge in [0, 0.05) is 15.5 Å². The molecule has 0 nitrogen and oxygen atoms in total. The van der Waals surface area contributed by atoms with E-state index in [2.05, 4.69) is 47.9 Å². The lowest BCUT2D eigenvalue weighted by Crippen LogP contribution is -1.79. The summed E-state index contributed by atoms with van der Waals surface area (Å²) in [5.41, 5.74) is 2.70. The molecule has 80 valence electrons. The van der Waals surface area contributed by atoms with Gasteiger partial charge in [0.25, 0.3) is 0 Å². The van der Waals surface area contributed by atoms with Gasteiger partial charge in [-0.05, 0) is 35.1 Å². The first kappa shape index (κ1) is 10.2. The van der Waals surface area contributed by atoms with Crippen LogP contribution in [0.15, 0.2) is 47.9 Å². The van der Waals surface area contributed by atoms with Crippen molar-refractivity contribution >= 4 is 28.0 Å². The van der Waals surface area contributed by atoms with Crippen LogP contribution in [0.3, 0.4) is 0 Å². The molecule has 0 amide bonds. The zero-order valence-electron chi connectivity index (χ0n) is 8.85. The number of benzene rings is 1. The summed E-state index contributed by atoms with van der Waals surface area (Å²) in [6, 6.07) is 13.1. The van der Waals surface area contributed by atoms with Gasteiger partial charge in [-0.2, -0.15) is 0 Å². The van der Waals surface area contributed by atoms with Crippen LogP contribution in [0.2, 0.25) is 0 Å². The van der Waals surface area contributed by atoms with Gasteiger partial charge in [0.05, 0.1) is 0 Å². The fourth-order valence-corrected chi connectivity index (χ4v) is 3.60. The van der Waals surface area contributed by atoms with Gasteiger partial charge < -0.3 is 0 Å². The molecule has 1 aliphatic rings. The summed E-state index contributed by atoms with van der Waals surface area (Å²) in [5.74, 6) is 1.23. The number of hydrogen-bond acceptors (Lipinski definition) is 2. The summed E-state index contributed by atoms with van der Waals surface area (Å²) < 4.78 is 0. The number of allylic oxidation sites excluding steroid dienone is 1. The van der Waals surface area contributed by atoms with Crippen LogP contribution in [-0.4, -0.2) is 5.75 Å². The Balaban J connectivity index is 2.00. The molecule has 0 aliphatic carbocycles. The molecule has 0 radical (unpaired) electrons. The largest absolute Gasteiger partial charge is 0.144 e. The second-order valence-corrected chi connectivity index (χ2v) is 5.85. The number of rotatable bonds is 2. The van der Waals surface area contributed by atoms with Crippen molar-refractivity contribution < 1.29 is 0 Å². The first-order valence-corrected chi connectivity index (χ1v) is 7.27. The zero-order valence-corrected chi connectivity index (χ0v) is 10.5. The van der Waals surface area contributed by atoms with Crippen LogP contribution in [0.1, 0.15) is 12.0 Å². The van der Waals surface area contributed by atoms with E-state index in [-0.39, 0.29) is 0 Å². The van der Waals surface area contributed by atoms with Gasteiger partial charge in [0.2, 0.25) is 0 Å². The van der Waals surface area contributed by atoms with E-state index in [1.807, 2.05) is 11.8 Å². The minimum atomic E-state index is 1.21. The molecule has 2 heteroatoms. The van der Waals surface area contributed by atoms with Gasteiger partial charge in [-0.15, -0.1) is 23.1 Å². The summed E-state index contributed by atoms with van der Waals surface area (Å²) in [4.78, 5) is 2.80. The van der Waals surface area contributed by atoms with Crippen LogP contribution < -0.4 is 0 Å². The van der Waals surface area contributed by atoms with E-state index in [4.69, 9.17) is 0 Å². The molecule has 0 saturated heterocycles. The van der Waals surface area contributed by atoms with E-state index in [9.17, 15) is 0 Å². The number of thiophene rings is 1. The maximum atomic E-state index is 2.35. The summed E-state index contributed by atoms with van der Waals surface area (Å²) in [6.07, 6.45) is 3.56. The third-order valence-corrected chi connectivity index (χ3v) is 4.73. The standard InChI is InChI=1S/C14H12S2/c1-4-11(13-6-2-8-15-13)10-12(5-1)14-7-3-9-16-14/h1-2,4-8,10H,3,9H2. The maximum Gasteiger partial charge on any atom is 0.0342 e. The Bertz CT molecular complexity index is 509. The zero-order chi connectivity index (χ0) is 10.8. The van der Waals surface area contributed by atoms with E-state index in [1.165, 1.54) is 33.1 Å². The molecule has 1 aliphatic heterocycles. The Morgan fingerprint density at radius 1 is 1.00 bits per heavy atom. The third kappa shape index (κ3) is 1.95. The Morgan fingerprint density at radius 2 is 1.94 bits per heavy atom. The SMILES string of the molecule is C1=C(c2cccc(-c3cccs3)c2)SCC1. The van der Waals surface area contributed by atoms with Crippen molar-refractivity contribution in [2.75, 3.05) is 5.75 Å². The molecular weight excluding hydrogens is 232 g/mol. The third-order valence-electron chi connectivity index (χ3n) is 2.66. The second-order valence-electron chi connectivity index (χ2n) is 3.76. The highest BCUT2D eigenvalue weighted by molar-refractivity contribution is 8.08. The van der Waals surface area contributed by atoms with Crippen molar-refractivity contribution in [2.45, 2.75) is 6.42 Å². The molecule has 0 fully saturated rings. The van der Waals surface area contributed by atoms with E-state index >= 15 is 0 Å². The summed E-state index contributed by atoms with van der Waals surface area (Å²) >= 11 is 3.77. The lowest BCUT2D eigenvalue weighted by molar-refractivity contribution is 1.28. The van der Waals surface area contributed by atoms with Crippen molar-refractivity contribution in [1.82, 2.24) is 0 Å². The molecule has 16 heavy (non-hydrogen) atoms. The quantitative estimate of drug-likeness (QED) is 0.724. The van der Waals surface area contributed by atoms with Crippen LogP contribution in [0.25, 0.3) is 15.3 Å². The van der Waals surface area contributed by atoms with Crippen LogP contribution in [0, 0.1) is 0 Å². The van der Waals surface area contributed by atoms with Crippen LogP contribution in [-0.2, 0) is 0 Å². The van der Waals surface area contributed by atoms with Crippen molar-refractivity contribution in [3.8, 4) is 10.4 Å². The lowest BCUT2D eigenvalue weighted by Gasteiger charge is -2.04. The van der Waals surface area contributed by atoms with Gasteiger partial charge in [0.1, 0.15) is 0 Å². The first-order valence-electron chi connectivity index (χ1n) is 5.41. The summed E-state index contributed by atoms with van der Waals surface area (Å²) in [6.45, 7) is 0. The molecule has 1 aromatic carbocycles. The average molecular weight is 244 g/mol. The van der Waals surface area contributed by atoms with Crippen molar-refractivity contribution in [3.63, 3.8) is 0 Å². The Labute approximate surface area is 104 Å². The minimum Gasteiger partial charge on any atom is -0.144 e. The van der Waals surface area contributed by atoms with Crippen LogP contribution in [0.4, 0.5) is 0 Å². The molecule has 0 atom stereocenters. The fraction of sp³-hybridized carbons (Fsp3) is 0.143. The molecule has 0 bridgehead atoms. The molecule has 2 heterocycles. The molecule has 0 saturated carbocycles. The maximum absolute atomic E-state index is 2.35. The summed E-state index contributed by atoms with van der Waals surface area (Å²) in [5, 5.41) is 2.13. The normalized spacial score (nSPS) is 15.1. The second kappa shape index (κ2) is 4.48. The Hall–Kier alpha value is -0.990. The van der Waals surface area contributed by atoms with Gasteiger partial charge in [-0.25, -0.2) is 0 Å². The lowest BCUT2D eigenvalue weighted by atomic mass is 10.1. The molecule has 0 N–H and O–H groups in total. The first-order chi connectivity index (χ1) is 7.93. The smallest absolute Gasteiger partial charge is 0.0342 e. The van der Waals surface area contributed by atoms with Gasteiger partial charge in [-0.1, -0.05) is 30.3 Å². The average Bonchev–Trinajstić information content (AvgIpc) is 3.03. The van der Waals surface area contributed by atoms with E-state index in [0.29, 0.717) is 0 Å². The molecule has 1 aromatic heterocycles.